The van der Waals surface area contributed by atoms with Crippen LogP contribution in [0.4, 0.5) is 5.69 Å². The molecule has 6 heteroatoms. The molecule has 0 amide bonds. The maximum absolute atomic E-state index is 9.38. The van der Waals surface area contributed by atoms with Crippen molar-refractivity contribution in [2.75, 3.05) is 31.1 Å². The van der Waals surface area contributed by atoms with Crippen LogP contribution in [0.25, 0.3) is 0 Å². The highest BCUT2D eigenvalue weighted by molar-refractivity contribution is 6.33. The second kappa shape index (κ2) is 8.05. The van der Waals surface area contributed by atoms with Gasteiger partial charge in [0.15, 0.2) is 0 Å². The van der Waals surface area contributed by atoms with Gasteiger partial charge in [-0.05, 0) is 43.7 Å². The normalized spacial score (nSPS) is 18.0. The molecule has 0 saturated carbocycles. The number of hydrogen-bond donors (Lipinski definition) is 2. The van der Waals surface area contributed by atoms with Crippen molar-refractivity contribution < 1.29 is 9.84 Å². The van der Waals surface area contributed by atoms with Crippen molar-refractivity contribution in [1.82, 2.24) is 5.32 Å². The number of rotatable bonds is 5. The van der Waals surface area contributed by atoms with Crippen LogP contribution < -0.4 is 15.0 Å². The number of aliphatic hydroxyl groups is 1. The van der Waals surface area contributed by atoms with Gasteiger partial charge in [-0.25, -0.2) is 0 Å². The van der Waals surface area contributed by atoms with Crippen molar-refractivity contribution in [2.45, 2.75) is 25.5 Å². The van der Waals surface area contributed by atoms with E-state index in [9.17, 15) is 5.11 Å². The molecular formula is C20H24Cl2N2O2. The fourth-order valence-corrected chi connectivity index (χ4v) is 3.52. The average Bonchev–Trinajstić information content (AvgIpc) is 2.62. The van der Waals surface area contributed by atoms with Gasteiger partial charge in [0.05, 0.1) is 23.4 Å². The number of aliphatic hydroxyl groups excluding tert-OH is 1. The monoisotopic (exact) mass is 394 g/mol. The lowest BCUT2D eigenvalue weighted by Gasteiger charge is -2.39. The maximum Gasteiger partial charge on any atom is 0.126 e. The summed E-state index contributed by atoms with van der Waals surface area (Å²) in [7, 11) is 0. The molecule has 140 valence electrons. The molecule has 26 heavy (non-hydrogen) atoms. The summed E-state index contributed by atoms with van der Waals surface area (Å²) < 4.78 is 5.82. The van der Waals surface area contributed by atoms with Crippen LogP contribution in [0.2, 0.25) is 10.0 Å². The van der Waals surface area contributed by atoms with E-state index in [-0.39, 0.29) is 12.6 Å². The molecule has 1 aliphatic heterocycles. The minimum absolute atomic E-state index is 0.0667. The molecule has 0 unspecified atom stereocenters. The maximum atomic E-state index is 9.38. The van der Waals surface area contributed by atoms with E-state index in [0.29, 0.717) is 10.8 Å². The molecule has 0 spiro atoms. The third kappa shape index (κ3) is 4.44. The van der Waals surface area contributed by atoms with Gasteiger partial charge in [0, 0.05) is 30.7 Å². The fourth-order valence-electron chi connectivity index (χ4n) is 3.11. The third-order valence-corrected chi connectivity index (χ3v) is 5.06. The van der Waals surface area contributed by atoms with Crippen LogP contribution in [-0.2, 0) is 0 Å². The van der Waals surface area contributed by atoms with Crippen molar-refractivity contribution in [1.29, 1.82) is 0 Å². The SMILES string of the molecule is CC(C)(CO)Oc1ccc(N2CCNC[C@H]2c2ccc(Cl)cc2)c(Cl)c1. The Hall–Kier alpha value is -1.46. The Balaban J connectivity index is 1.87. The van der Waals surface area contributed by atoms with Crippen LogP contribution >= 0.6 is 23.2 Å². The van der Waals surface area contributed by atoms with Gasteiger partial charge in [-0.2, -0.15) is 0 Å². The molecule has 1 heterocycles. The molecule has 1 saturated heterocycles. The molecule has 0 aliphatic carbocycles. The molecule has 3 rings (SSSR count). The molecule has 4 nitrogen and oxygen atoms in total. The summed E-state index contributed by atoms with van der Waals surface area (Å²) in [5.74, 6) is 0.649. The summed E-state index contributed by atoms with van der Waals surface area (Å²) in [5, 5.41) is 14.2. The zero-order chi connectivity index (χ0) is 18.7. The second-order valence-corrected chi connectivity index (χ2v) is 7.94. The van der Waals surface area contributed by atoms with Crippen molar-refractivity contribution in [3.05, 3.63) is 58.1 Å². The number of anilines is 1. The number of hydrogen-bond acceptors (Lipinski definition) is 4. The van der Waals surface area contributed by atoms with Crippen molar-refractivity contribution >= 4 is 28.9 Å². The molecule has 0 aromatic heterocycles. The smallest absolute Gasteiger partial charge is 0.126 e. The zero-order valence-corrected chi connectivity index (χ0v) is 16.5. The summed E-state index contributed by atoms with van der Waals surface area (Å²) in [5.41, 5.74) is 1.52. The molecule has 0 radical (unpaired) electrons. The Kier molecular flexibility index (Phi) is 5.98. The number of halogens is 2. The predicted molar refractivity (Wildman–Crippen MR) is 108 cm³/mol. The van der Waals surface area contributed by atoms with Gasteiger partial charge >= 0.3 is 0 Å². The zero-order valence-electron chi connectivity index (χ0n) is 15.0. The van der Waals surface area contributed by atoms with E-state index in [1.54, 1.807) is 0 Å². The van der Waals surface area contributed by atoms with Crippen LogP contribution in [0.15, 0.2) is 42.5 Å². The largest absolute Gasteiger partial charge is 0.485 e. The van der Waals surface area contributed by atoms with Crippen LogP contribution in [0, 0.1) is 0 Å². The van der Waals surface area contributed by atoms with Crippen LogP contribution in [-0.4, -0.2) is 36.9 Å². The number of benzene rings is 2. The van der Waals surface area contributed by atoms with Crippen molar-refractivity contribution in [3.63, 3.8) is 0 Å². The van der Waals surface area contributed by atoms with Gasteiger partial charge in [-0.1, -0.05) is 35.3 Å². The molecule has 1 atom stereocenters. The number of piperazine rings is 1. The van der Waals surface area contributed by atoms with E-state index < -0.39 is 5.60 Å². The minimum atomic E-state index is -0.647. The van der Waals surface area contributed by atoms with Gasteiger partial charge in [0.25, 0.3) is 0 Å². The number of nitrogens with zero attached hydrogens (tertiary/aromatic N) is 1. The van der Waals surface area contributed by atoms with Crippen LogP contribution in [0.5, 0.6) is 5.75 Å². The van der Waals surface area contributed by atoms with E-state index in [1.807, 2.05) is 44.2 Å². The molecule has 1 aliphatic rings. The molecule has 2 aromatic carbocycles. The Morgan fingerprint density at radius 1 is 1.19 bits per heavy atom. The molecule has 0 bridgehead atoms. The lowest BCUT2D eigenvalue weighted by molar-refractivity contribution is 0.0413. The summed E-state index contributed by atoms with van der Waals surface area (Å²) >= 11 is 12.6. The molecule has 2 aromatic rings. The average molecular weight is 395 g/mol. The number of nitrogens with one attached hydrogen (secondary N) is 1. The minimum Gasteiger partial charge on any atom is -0.485 e. The Labute approximate surface area is 164 Å². The van der Waals surface area contributed by atoms with E-state index in [4.69, 9.17) is 27.9 Å². The highest BCUT2D eigenvalue weighted by Crippen LogP contribution is 2.36. The second-order valence-electron chi connectivity index (χ2n) is 7.10. The standard InChI is InChI=1S/C20H24Cl2N2O2/c1-20(2,13-25)26-16-7-8-18(17(22)11-16)24-10-9-23-12-19(24)14-3-5-15(21)6-4-14/h3-8,11,19,23,25H,9-10,12-13H2,1-2H3/t19-/m0/s1. The van der Waals surface area contributed by atoms with Crippen LogP contribution in [0.3, 0.4) is 0 Å². The van der Waals surface area contributed by atoms with Crippen LogP contribution in [0.1, 0.15) is 25.5 Å². The van der Waals surface area contributed by atoms with E-state index in [0.717, 1.165) is 30.3 Å². The van der Waals surface area contributed by atoms with Gasteiger partial charge < -0.3 is 20.1 Å². The summed E-state index contributed by atoms with van der Waals surface area (Å²) in [6.45, 7) is 6.20. The lowest BCUT2D eigenvalue weighted by atomic mass is 10.0. The third-order valence-electron chi connectivity index (χ3n) is 4.50. The quantitative estimate of drug-likeness (QED) is 0.793. The van der Waals surface area contributed by atoms with Gasteiger partial charge in [0.1, 0.15) is 11.4 Å². The topological polar surface area (TPSA) is 44.7 Å². The first-order valence-electron chi connectivity index (χ1n) is 8.72. The molecular weight excluding hydrogens is 371 g/mol. The molecule has 2 N–H and O–H groups in total. The van der Waals surface area contributed by atoms with Gasteiger partial charge in [-0.15, -0.1) is 0 Å². The first-order valence-corrected chi connectivity index (χ1v) is 9.47. The van der Waals surface area contributed by atoms with Gasteiger partial charge in [0.2, 0.25) is 0 Å². The van der Waals surface area contributed by atoms with E-state index >= 15 is 0 Å². The Morgan fingerprint density at radius 3 is 2.58 bits per heavy atom. The number of ether oxygens (including phenoxy) is 1. The highest BCUT2D eigenvalue weighted by atomic mass is 35.5. The van der Waals surface area contributed by atoms with Crippen molar-refractivity contribution in [2.24, 2.45) is 0 Å². The van der Waals surface area contributed by atoms with E-state index in [1.165, 1.54) is 5.56 Å². The van der Waals surface area contributed by atoms with Gasteiger partial charge in [-0.3, -0.25) is 0 Å². The first kappa shape index (κ1) is 19.3. The fraction of sp³-hybridized carbons (Fsp3) is 0.400. The summed E-state index contributed by atoms with van der Waals surface area (Å²) in [6.07, 6.45) is 0. The summed E-state index contributed by atoms with van der Waals surface area (Å²) in [4.78, 5) is 2.31. The highest BCUT2D eigenvalue weighted by Gasteiger charge is 2.26. The Bertz CT molecular complexity index is 750. The van der Waals surface area contributed by atoms with Crippen molar-refractivity contribution in [3.8, 4) is 5.75 Å². The summed E-state index contributed by atoms with van der Waals surface area (Å²) in [6, 6.07) is 13.8. The van der Waals surface area contributed by atoms with E-state index in [2.05, 4.69) is 22.3 Å². The molecule has 1 fully saturated rings. The first-order chi connectivity index (χ1) is 12.4. The lowest BCUT2D eigenvalue weighted by Crippen LogP contribution is -2.46. The predicted octanol–water partition coefficient (Wildman–Crippen LogP) is 4.29. The Morgan fingerprint density at radius 2 is 1.92 bits per heavy atom.